The second kappa shape index (κ2) is 9.05. The molecule has 144 valence electrons. The molecular formula is C20H24N2O5. The van der Waals surface area contributed by atoms with E-state index in [-0.39, 0.29) is 17.2 Å². The molecule has 0 aliphatic carbocycles. The van der Waals surface area contributed by atoms with E-state index in [9.17, 15) is 9.59 Å². The van der Waals surface area contributed by atoms with E-state index >= 15 is 0 Å². The van der Waals surface area contributed by atoms with Gasteiger partial charge in [-0.25, -0.2) is 4.79 Å². The largest absolute Gasteiger partial charge is 0.493 e. The SMILES string of the molecule is COC(=O)c1cc(OC)c(OC)cc1NC(=O)C(C)C(N)c1ccccc1. The first kappa shape index (κ1) is 20.3. The van der Waals surface area contributed by atoms with Crippen molar-refractivity contribution >= 4 is 17.6 Å². The number of nitrogens with two attached hydrogens (primary N) is 1. The van der Waals surface area contributed by atoms with E-state index < -0.39 is 17.9 Å². The van der Waals surface area contributed by atoms with Crippen molar-refractivity contribution in [1.29, 1.82) is 0 Å². The number of anilines is 1. The summed E-state index contributed by atoms with van der Waals surface area (Å²) in [6.07, 6.45) is 0. The molecule has 2 atom stereocenters. The third-order valence-electron chi connectivity index (χ3n) is 4.32. The molecule has 0 saturated heterocycles. The molecule has 0 spiro atoms. The lowest BCUT2D eigenvalue weighted by atomic mass is 9.94. The van der Waals surface area contributed by atoms with Gasteiger partial charge in [0.1, 0.15) is 0 Å². The maximum Gasteiger partial charge on any atom is 0.340 e. The summed E-state index contributed by atoms with van der Waals surface area (Å²) in [6.45, 7) is 1.73. The Bertz CT molecular complexity index is 808. The number of rotatable bonds is 7. The zero-order valence-electron chi connectivity index (χ0n) is 15.8. The molecule has 2 rings (SSSR count). The minimum atomic E-state index is -0.605. The van der Waals surface area contributed by atoms with Crippen molar-refractivity contribution in [2.75, 3.05) is 26.6 Å². The summed E-state index contributed by atoms with van der Waals surface area (Å²) in [6, 6.07) is 11.8. The molecule has 0 fully saturated rings. The van der Waals surface area contributed by atoms with Gasteiger partial charge in [-0.05, 0) is 5.56 Å². The summed E-state index contributed by atoms with van der Waals surface area (Å²) in [5.74, 6) is -0.744. The molecule has 3 N–H and O–H groups in total. The van der Waals surface area contributed by atoms with Gasteiger partial charge in [0, 0.05) is 18.2 Å². The van der Waals surface area contributed by atoms with Gasteiger partial charge < -0.3 is 25.3 Å². The fourth-order valence-electron chi connectivity index (χ4n) is 2.63. The molecule has 0 bridgehead atoms. The third-order valence-corrected chi connectivity index (χ3v) is 4.32. The van der Waals surface area contributed by atoms with Crippen LogP contribution < -0.4 is 20.5 Å². The smallest absolute Gasteiger partial charge is 0.340 e. The highest BCUT2D eigenvalue weighted by Gasteiger charge is 2.25. The normalized spacial score (nSPS) is 12.6. The van der Waals surface area contributed by atoms with Crippen LogP contribution in [0.3, 0.4) is 0 Å². The van der Waals surface area contributed by atoms with E-state index in [1.54, 1.807) is 6.92 Å². The molecule has 0 radical (unpaired) electrons. The number of carbonyl (C=O) groups excluding carboxylic acids is 2. The molecule has 0 saturated carbocycles. The van der Waals surface area contributed by atoms with E-state index in [1.165, 1.54) is 33.5 Å². The van der Waals surface area contributed by atoms with Crippen molar-refractivity contribution in [2.24, 2.45) is 11.7 Å². The van der Waals surface area contributed by atoms with Gasteiger partial charge in [-0.2, -0.15) is 0 Å². The molecule has 7 heteroatoms. The molecule has 2 aromatic carbocycles. The highest BCUT2D eigenvalue weighted by atomic mass is 16.5. The van der Waals surface area contributed by atoms with E-state index in [0.717, 1.165) is 5.56 Å². The van der Waals surface area contributed by atoms with Gasteiger partial charge in [0.05, 0.1) is 38.5 Å². The van der Waals surface area contributed by atoms with Crippen molar-refractivity contribution in [2.45, 2.75) is 13.0 Å². The maximum absolute atomic E-state index is 12.7. The fourth-order valence-corrected chi connectivity index (χ4v) is 2.63. The second-order valence-electron chi connectivity index (χ2n) is 5.96. The third kappa shape index (κ3) is 4.57. The highest BCUT2D eigenvalue weighted by molar-refractivity contribution is 6.02. The number of carbonyl (C=O) groups is 2. The number of methoxy groups -OCH3 is 3. The summed E-state index contributed by atoms with van der Waals surface area (Å²) in [4.78, 5) is 24.8. The van der Waals surface area contributed by atoms with Crippen LogP contribution in [0.5, 0.6) is 11.5 Å². The second-order valence-corrected chi connectivity index (χ2v) is 5.96. The van der Waals surface area contributed by atoms with Crippen molar-refractivity contribution in [1.82, 2.24) is 0 Å². The number of ether oxygens (including phenoxy) is 3. The van der Waals surface area contributed by atoms with Crippen LogP contribution >= 0.6 is 0 Å². The first-order chi connectivity index (χ1) is 12.9. The van der Waals surface area contributed by atoms with Gasteiger partial charge in [-0.1, -0.05) is 37.3 Å². The average Bonchev–Trinajstić information content (AvgIpc) is 2.72. The Hall–Kier alpha value is -3.06. The standard InChI is InChI=1S/C20H24N2O5/c1-12(18(21)13-8-6-5-7-9-13)19(23)22-15-11-17(26-3)16(25-2)10-14(15)20(24)27-4/h5-12,18H,21H2,1-4H3,(H,22,23). The molecule has 27 heavy (non-hydrogen) atoms. The predicted octanol–water partition coefficient (Wildman–Crippen LogP) is 2.77. The van der Waals surface area contributed by atoms with E-state index in [2.05, 4.69) is 5.32 Å². The van der Waals surface area contributed by atoms with Crippen LogP contribution in [0.4, 0.5) is 5.69 Å². The zero-order chi connectivity index (χ0) is 20.0. The Kier molecular flexibility index (Phi) is 6.79. The maximum atomic E-state index is 12.7. The van der Waals surface area contributed by atoms with Crippen molar-refractivity contribution in [3.8, 4) is 11.5 Å². The molecular weight excluding hydrogens is 348 g/mol. The van der Waals surface area contributed by atoms with Gasteiger partial charge >= 0.3 is 5.97 Å². The molecule has 2 unspecified atom stereocenters. The van der Waals surface area contributed by atoms with Gasteiger partial charge in [-0.3, -0.25) is 4.79 Å². The lowest BCUT2D eigenvalue weighted by Crippen LogP contribution is -2.31. The van der Waals surface area contributed by atoms with Crippen LogP contribution in [0, 0.1) is 5.92 Å². The molecule has 0 aliphatic heterocycles. The monoisotopic (exact) mass is 372 g/mol. The number of nitrogens with one attached hydrogen (secondary N) is 1. The van der Waals surface area contributed by atoms with Gasteiger partial charge in [0.25, 0.3) is 0 Å². The van der Waals surface area contributed by atoms with Crippen LogP contribution in [-0.2, 0) is 9.53 Å². The number of amides is 1. The summed E-state index contributed by atoms with van der Waals surface area (Å²) in [5.41, 5.74) is 7.49. The van der Waals surface area contributed by atoms with Gasteiger partial charge in [0.15, 0.2) is 11.5 Å². The summed E-state index contributed by atoms with van der Waals surface area (Å²) in [5, 5.41) is 2.75. The lowest BCUT2D eigenvalue weighted by Gasteiger charge is -2.21. The number of hydrogen-bond acceptors (Lipinski definition) is 6. The quantitative estimate of drug-likeness (QED) is 0.725. The van der Waals surface area contributed by atoms with Crippen LogP contribution in [0.1, 0.15) is 28.9 Å². The topological polar surface area (TPSA) is 99.9 Å². The minimum absolute atomic E-state index is 0.156. The fraction of sp³-hybridized carbons (Fsp3) is 0.300. The molecule has 2 aromatic rings. The number of hydrogen-bond donors (Lipinski definition) is 2. The molecule has 7 nitrogen and oxygen atoms in total. The zero-order valence-corrected chi connectivity index (χ0v) is 15.8. The number of benzene rings is 2. The minimum Gasteiger partial charge on any atom is -0.493 e. The predicted molar refractivity (Wildman–Crippen MR) is 102 cm³/mol. The van der Waals surface area contributed by atoms with E-state index in [4.69, 9.17) is 19.9 Å². The summed E-state index contributed by atoms with van der Waals surface area (Å²) in [7, 11) is 4.19. The van der Waals surface area contributed by atoms with Crippen molar-refractivity contribution < 1.29 is 23.8 Å². The van der Waals surface area contributed by atoms with E-state index in [1.807, 2.05) is 30.3 Å². The first-order valence-electron chi connectivity index (χ1n) is 8.38. The lowest BCUT2D eigenvalue weighted by molar-refractivity contribution is -0.120. The van der Waals surface area contributed by atoms with Crippen LogP contribution in [-0.4, -0.2) is 33.2 Å². The molecule has 0 aromatic heterocycles. The molecule has 0 heterocycles. The van der Waals surface area contributed by atoms with Crippen molar-refractivity contribution in [3.05, 3.63) is 53.6 Å². The van der Waals surface area contributed by atoms with E-state index in [0.29, 0.717) is 11.5 Å². The molecule has 1 amide bonds. The van der Waals surface area contributed by atoms with Crippen LogP contribution in [0.2, 0.25) is 0 Å². The first-order valence-corrected chi connectivity index (χ1v) is 8.38. The number of esters is 1. The van der Waals surface area contributed by atoms with Gasteiger partial charge in [-0.15, -0.1) is 0 Å². The van der Waals surface area contributed by atoms with Gasteiger partial charge in [0.2, 0.25) is 5.91 Å². The average molecular weight is 372 g/mol. The van der Waals surface area contributed by atoms with Crippen LogP contribution in [0.15, 0.2) is 42.5 Å². The molecule has 0 aliphatic rings. The Morgan fingerprint density at radius 1 is 1.00 bits per heavy atom. The Morgan fingerprint density at radius 3 is 2.15 bits per heavy atom. The summed E-state index contributed by atoms with van der Waals surface area (Å²) < 4.78 is 15.3. The van der Waals surface area contributed by atoms with Crippen LogP contribution in [0.25, 0.3) is 0 Å². The Morgan fingerprint density at radius 2 is 1.59 bits per heavy atom. The Labute approximate surface area is 158 Å². The Balaban J connectivity index is 2.31. The summed E-state index contributed by atoms with van der Waals surface area (Å²) >= 11 is 0. The van der Waals surface area contributed by atoms with Crippen molar-refractivity contribution in [3.63, 3.8) is 0 Å². The highest BCUT2D eigenvalue weighted by Crippen LogP contribution is 2.34.